The fraction of sp³-hybridized carbons (Fsp3) is 0.429. The molecule has 0 saturated heterocycles. The number of rotatable bonds is 4. The Morgan fingerprint density at radius 3 is 3.10 bits per heavy atom. The molecule has 1 heterocycles. The van der Waals surface area contributed by atoms with E-state index in [0.717, 1.165) is 0 Å². The van der Waals surface area contributed by atoms with Crippen molar-refractivity contribution in [3.63, 3.8) is 0 Å². The maximum Gasteiger partial charge on any atom is 0.284 e. The molecule has 10 heavy (non-hydrogen) atoms. The van der Waals surface area contributed by atoms with Gasteiger partial charge < -0.3 is 9.15 Å². The molecular formula is C7H9O3. The molecule has 0 aliphatic heterocycles. The first-order valence-electron chi connectivity index (χ1n) is 3.18. The second-order valence-electron chi connectivity index (χ2n) is 1.84. The Balaban J connectivity index is 2.15. The number of furan rings is 1. The SMILES string of the molecule is [O]CCCOc1ccco1. The van der Waals surface area contributed by atoms with Crippen molar-refractivity contribution in [3.05, 3.63) is 18.4 Å². The number of hydrogen-bond donors (Lipinski definition) is 0. The summed E-state index contributed by atoms with van der Waals surface area (Å²) in [6.45, 7) is 0.345. The van der Waals surface area contributed by atoms with Crippen molar-refractivity contribution >= 4 is 0 Å². The first kappa shape index (κ1) is 7.15. The minimum Gasteiger partial charge on any atom is -0.465 e. The van der Waals surface area contributed by atoms with Gasteiger partial charge in [0.15, 0.2) is 0 Å². The van der Waals surface area contributed by atoms with Gasteiger partial charge in [-0.15, -0.1) is 0 Å². The molecule has 3 nitrogen and oxygen atoms in total. The molecule has 0 bridgehead atoms. The second-order valence-corrected chi connectivity index (χ2v) is 1.84. The van der Waals surface area contributed by atoms with Crippen molar-refractivity contribution in [2.75, 3.05) is 13.2 Å². The van der Waals surface area contributed by atoms with E-state index < -0.39 is 0 Å². The highest BCUT2D eigenvalue weighted by atomic mass is 16.6. The average Bonchev–Trinajstić information content (AvgIpc) is 2.41. The summed E-state index contributed by atoms with van der Waals surface area (Å²) in [6.07, 6.45) is 2.06. The molecule has 0 aliphatic rings. The fourth-order valence-corrected chi connectivity index (χ4v) is 0.577. The highest BCUT2D eigenvalue weighted by Gasteiger charge is 1.93. The Kier molecular flexibility index (Phi) is 2.83. The van der Waals surface area contributed by atoms with Crippen LogP contribution in [-0.2, 0) is 5.11 Å². The number of hydrogen-bond acceptors (Lipinski definition) is 2. The number of ether oxygens (including phenoxy) is 1. The van der Waals surface area contributed by atoms with Gasteiger partial charge in [-0.2, -0.15) is 0 Å². The lowest BCUT2D eigenvalue weighted by Crippen LogP contribution is -1.97. The van der Waals surface area contributed by atoms with Gasteiger partial charge in [0.1, 0.15) is 0 Å². The van der Waals surface area contributed by atoms with Crippen LogP contribution in [0.4, 0.5) is 0 Å². The fourth-order valence-electron chi connectivity index (χ4n) is 0.577. The normalized spacial score (nSPS) is 9.70. The van der Waals surface area contributed by atoms with Crippen molar-refractivity contribution in [3.8, 4) is 5.95 Å². The zero-order valence-corrected chi connectivity index (χ0v) is 5.58. The summed E-state index contributed by atoms with van der Waals surface area (Å²) in [5.74, 6) is 0.480. The van der Waals surface area contributed by atoms with Gasteiger partial charge in [0.2, 0.25) is 0 Å². The predicted molar refractivity (Wildman–Crippen MR) is 34.4 cm³/mol. The lowest BCUT2D eigenvalue weighted by Gasteiger charge is -1.97. The summed E-state index contributed by atoms with van der Waals surface area (Å²) in [7, 11) is 0. The van der Waals surface area contributed by atoms with Crippen molar-refractivity contribution in [2.24, 2.45) is 0 Å². The molecule has 0 spiro atoms. The molecule has 1 aromatic heterocycles. The van der Waals surface area contributed by atoms with Crippen LogP contribution >= 0.6 is 0 Å². The molecule has 0 amide bonds. The highest BCUT2D eigenvalue weighted by Crippen LogP contribution is 2.09. The zero-order chi connectivity index (χ0) is 7.23. The summed E-state index contributed by atoms with van der Waals surface area (Å²) < 4.78 is 9.88. The molecule has 1 aromatic rings. The highest BCUT2D eigenvalue weighted by molar-refractivity contribution is 5.03. The monoisotopic (exact) mass is 141 g/mol. The van der Waals surface area contributed by atoms with Crippen LogP contribution in [0.1, 0.15) is 6.42 Å². The van der Waals surface area contributed by atoms with Crippen LogP contribution in [0.3, 0.4) is 0 Å². The van der Waals surface area contributed by atoms with Gasteiger partial charge >= 0.3 is 0 Å². The standard InChI is InChI=1S/C7H9O3/c8-4-2-6-10-7-3-1-5-9-7/h1,3,5H,2,4,6H2. The lowest BCUT2D eigenvalue weighted by molar-refractivity contribution is 0.154. The van der Waals surface area contributed by atoms with E-state index >= 15 is 0 Å². The largest absolute Gasteiger partial charge is 0.465 e. The molecule has 1 rings (SSSR count). The van der Waals surface area contributed by atoms with Crippen LogP contribution in [0.25, 0.3) is 0 Å². The van der Waals surface area contributed by atoms with Crippen molar-refractivity contribution < 1.29 is 14.3 Å². The minimum absolute atomic E-state index is 0.0965. The molecule has 0 atom stereocenters. The molecule has 3 heteroatoms. The van der Waals surface area contributed by atoms with Gasteiger partial charge in [-0.3, -0.25) is 0 Å². The predicted octanol–water partition coefficient (Wildman–Crippen LogP) is 1.48. The second kappa shape index (κ2) is 3.95. The van der Waals surface area contributed by atoms with E-state index in [1.807, 2.05) is 0 Å². The first-order valence-corrected chi connectivity index (χ1v) is 3.18. The van der Waals surface area contributed by atoms with Crippen LogP contribution in [0, 0.1) is 0 Å². The lowest BCUT2D eigenvalue weighted by atomic mass is 10.5. The first-order chi connectivity index (χ1) is 4.93. The van der Waals surface area contributed by atoms with E-state index in [9.17, 15) is 5.11 Å². The third-order valence-corrected chi connectivity index (χ3v) is 1.03. The molecule has 0 aliphatic carbocycles. The molecule has 0 saturated carbocycles. The van der Waals surface area contributed by atoms with Crippen LogP contribution in [0.2, 0.25) is 0 Å². The molecule has 0 aromatic carbocycles. The van der Waals surface area contributed by atoms with Crippen LogP contribution in [0.15, 0.2) is 22.8 Å². The van der Waals surface area contributed by atoms with Crippen LogP contribution in [-0.4, -0.2) is 13.2 Å². The molecular weight excluding hydrogens is 132 g/mol. The van der Waals surface area contributed by atoms with Crippen molar-refractivity contribution in [1.29, 1.82) is 0 Å². The van der Waals surface area contributed by atoms with Gasteiger partial charge in [0.05, 0.1) is 19.5 Å². The van der Waals surface area contributed by atoms with Crippen LogP contribution < -0.4 is 4.74 Å². The minimum atomic E-state index is -0.0965. The third-order valence-electron chi connectivity index (χ3n) is 1.03. The Labute approximate surface area is 59.2 Å². The van der Waals surface area contributed by atoms with E-state index in [-0.39, 0.29) is 6.61 Å². The summed E-state index contributed by atoms with van der Waals surface area (Å²) in [4.78, 5) is 0. The van der Waals surface area contributed by atoms with Crippen molar-refractivity contribution in [2.45, 2.75) is 6.42 Å². The summed E-state index contributed by atoms with van der Waals surface area (Å²) in [5.41, 5.74) is 0. The maximum absolute atomic E-state index is 9.95. The van der Waals surface area contributed by atoms with E-state index in [1.54, 1.807) is 12.1 Å². The Hall–Kier alpha value is -0.960. The van der Waals surface area contributed by atoms with E-state index in [1.165, 1.54) is 6.26 Å². The van der Waals surface area contributed by atoms with Gasteiger partial charge in [-0.05, 0) is 6.07 Å². The Morgan fingerprint density at radius 1 is 1.60 bits per heavy atom. The summed E-state index contributed by atoms with van der Waals surface area (Å²) in [6, 6.07) is 3.46. The average molecular weight is 141 g/mol. The van der Waals surface area contributed by atoms with E-state index in [4.69, 9.17) is 9.15 Å². The Morgan fingerprint density at radius 2 is 2.50 bits per heavy atom. The third kappa shape index (κ3) is 2.11. The molecule has 0 unspecified atom stereocenters. The summed E-state index contributed by atoms with van der Waals surface area (Å²) in [5, 5.41) is 9.95. The van der Waals surface area contributed by atoms with Gasteiger partial charge in [-0.1, -0.05) is 0 Å². The quantitative estimate of drug-likeness (QED) is 0.596. The smallest absolute Gasteiger partial charge is 0.284 e. The van der Waals surface area contributed by atoms with Gasteiger partial charge in [-0.25, -0.2) is 5.11 Å². The van der Waals surface area contributed by atoms with Gasteiger partial charge in [0.25, 0.3) is 5.95 Å². The molecule has 0 fully saturated rings. The van der Waals surface area contributed by atoms with Gasteiger partial charge in [0, 0.05) is 12.5 Å². The van der Waals surface area contributed by atoms with E-state index in [0.29, 0.717) is 19.0 Å². The molecule has 0 N–H and O–H groups in total. The van der Waals surface area contributed by atoms with E-state index in [2.05, 4.69) is 0 Å². The zero-order valence-electron chi connectivity index (χ0n) is 5.58. The topological polar surface area (TPSA) is 42.3 Å². The van der Waals surface area contributed by atoms with Crippen LogP contribution in [0.5, 0.6) is 5.95 Å². The molecule has 55 valence electrons. The molecule has 1 radical (unpaired) electrons. The Bertz CT molecular complexity index is 157. The maximum atomic E-state index is 9.95. The summed E-state index contributed by atoms with van der Waals surface area (Å²) >= 11 is 0. The van der Waals surface area contributed by atoms with Crippen molar-refractivity contribution in [1.82, 2.24) is 0 Å².